The van der Waals surface area contributed by atoms with Crippen LogP contribution in [0.3, 0.4) is 0 Å². The first-order valence-electron chi connectivity index (χ1n) is 7.90. The Morgan fingerprint density at radius 3 is 3.21 bits per heavy atom. The molecule has 2 aromatic heterocycles. The van der Waals surface area contributed by atoms with Gasteiger partial charge in [-0.25, -0.2) is 9.97 Å². The zero-order valence-electron chi connectivity index (χ0n) is 13.4. The lowest BCUT2D eigenvalue weighted by atomic mass is 9.87. The number of carbonyl (C=O) groups excluding carboxylic acids is 1. The molecule has 0 radical (unpaired) electrons. The van der Waals surface area contributed by atoms with Crippen molar-refractivity contribution in [1.82, 2.24) is 9.97 Å². The van der Waals surface area contributed by atoms with E-state index in [0.29, 0.717) is 28.8 Å². The van der Waals surface area contributed by atoms with Gasteiger partial charge in [0.1, 0.15) is 11.1 Å². The molecular weight excluding hydrogens is 340 g/mol. The topological polar surface area (TPSA) is 78.7 Å². The number of nitrogens with zero attached hydrogens (tertiary/aromatic N) is 3. The van der Waals surface area contributed by atoms with Crippen LogP contribution in [0, 0.1) is 17.2 Å². The standard InChI is InChI=1S/C17H18N4OS2/c1-11-2-3-14-12(8-11)9-13(10-18)16(20-14)23-6-4-15(22)21-17-19-5-7-24-17/h5,7,9,11H,2-4,6,8H2,1H3,(H,19,21,22). The summed E-state index contributed by atoms with van der Waals surface area (Å²) >= 11 is 2.87. The van der Waals surface area contributed by atoms with Crippen LogP contribution in [0.4, 0.5) is 5.13 Å². The molecule has 0 saturated carbocycles. The monoisotopic (exact) mass is 358 g/mol. The molecular formula is C17H18N4OS2. The number of nitriles is 1. The molecule has 5 nitrogen and oxygen atoms in total. The van der Waals surface area contributed by atoms with Crippen molar-refractivity contribution in [3.05, 3.63) is 34.5 Å². The van der Waals surface area contributed by atoms with Crippen LogP contribution in [0.5, 0.6) is 0 Å². The summed E-state index contributed by atoms with van der Waals surface area (Å²) in [7, 11) is 0. The minimum Gasteiger partial charge on any atom is -0.302 e. The van der Waals surface area contributed by atoms with Gasteiger partial charge in [0.2, 0.25) is 5.91 Å². The summed E-state index contributed by atoms with van der Waals surface area (Å²) < 4.78 is 0. The Labute approximate surface area is 149 Å². The van der Waals surface area contributed by atoms with Gasteiger partial charge >= 0.3 is 0 Å². The molecule has 3 rings (SSSR count). The van der Waals surface area contributed by atoms with Crippen LogP contribution in [0.1, 0.15) is 36.6 Å². The molecule has 1 atom stereocenters. The van der Waals surface area contributed by atoms with Crippen molar-refractivity contribution in [3.63, 3.8) is 0 Å². The summed E-state index contributed by atoms with van der Waals surface area (Å²) in [6.45, 7) is 2.23. The summed E-state index contributed by atoms with van der Waals surface area (Å²) in [5.41, 5.74) is 2.94. The Hall–Kier alpha value is -1.91. The summed E-state index contributed by atoms with van der Waals surface area (Å²) in [6, 6.07) is 4.22. The summed E-state index contributed by atoms with van der Waals surface area (Å²) in [5, 5.41) is 15.3. The largest absolute Gasteiger partial charge is 0.302 e. The van der Waals surface area contributed by atoms with Crippen LogP contribution in [-0.2, 0) is 17.6 Å². The smallest absolute Gasteiger partial charge is 0.226 e. The molecule has 0 fully saturated rings. The molecule has 0 bridgehead atoms. The lowest BCUT2D eigenvalue weighted by Crippen LogP contribution is -2.14. The van der Waals surface area contributed by atoms with Crippen LogP contribution in [-0.4, -0.2) is 21.6 Å². The minimum absolute atomic E-state index is 0.0669. The van der Waals surface area contributed by atoms with Crippen LogP contribution < -0.4 is 5.32 Å². The van der Waals surface area contributed by atoms with Crippen molar-refractivity contribution < 1.29 is 4.79 Å². The van der Waals surface area contributed by atoms with Crippen LogP contribution in [0.15, 0.2) is 22.7 Å². The van der Waals surface area contributed by atoms with E-state index in [4.69, 9.17) is 0 Å². The predicted molar refractivity (Wildman–Crippen MR) is 96.2 cm³/mol. The molecule has 0 aromatic carbocycles. The molecule has 2 heterocycles. The number of pyridine rings is 1. The lowest BCUT2D eigenvalue weighted by Gasteiger charge is -2.21. The van der Waals surface area contributed by atoms with Gasteiger partial charge in [0.05, 0.1) is 5.56 Å². The van der Waals surface area contributed by atoms with E-state index >= 15 is 0 Å². The van der Waals surface area contributed by atoms with E-state index < -0.39 is 0 Å². The number of aryl methyl sites for hydroxylation is 1. The van der Waals surface area contributed by atoms with Crippen LogP contribution in [0.2, 0.25) is 0 Å². The molecule has 0 spiro atoms. The fourth-order valence-electron chi connectivity index (χ4n) is 2.73. The zero-order chi connectivity index (χ0) is 16.9. The van der Waals surface area contributed by atoms with Gasteiger partial charge in [-0.2, -0.15) is 5.26 Å². The number of fused-ring (bicyclic) bond motifs is 1. The molecule has 24 heavy (non-hydrogen) atoms. The Morgan fingerprint density at radius 1 is 1.58 bits per heavy atom. The van der Waals surface area contributed by atoms with E-state index in [0.717, 1.165) is 30.0 Å². The quantitative estimate of drug-likeness (QED) is 0.825. The molecule has 2 aromatic rings. The van der Waals surface area contributed by atoms with Gasteiger partial charge in [0.15, 0.2) is 5.13 Å². The van der Waals surface area contributed by atoms with E-state index in [1.165, 1.54) is 28.7 Å². The zero-order valence-corrected chi connectivity index (χ0v) is 15.0. The number of rotatable bonds is 5. The van der Waals surface area contributed by atoms with E-state index in [1.807, 2.05) is 11.4 Å². The summed E-state index contributed by atoms with van der Waals surface area (Å²) in [6.07, 6.45) is 5.14. The number of amides is 1. The molecule has 1 aliphatic rings. The molecule has 1 amide bonds. The first kappa shape index (κ1) is 16.9. The maximum absolute atomic E-state index is 11.9. The molecule has 1 aliphatic carbocycles. The number of hydrogen-bond donors (Lipinski definition) is 1. The van der Waals surface area contributed by atoms with Gasteiger partial charge in [0, 0.05) is 29.4 Å². The van der Waals surface area contributed by atoms with Gasteiger partial charge in [-0.3, -0.25) is 4.79 Å². The van der Waals surface area contributed by atoms with Crippen molar-refractivity contribution in [3.8, 4) is 6.07 Å². The van der Waals surface area contributed by atoms with Crippen molar-refractivity contribution in [2.45, 2.75) is 37.6 Å². The predicted octanol–water partition coefficient (Wildman–Crippen LogP) is 3.66. The van der Waals surface area contributed by atoms with Crippen molar-refractivity contribution in [2.75, 3.05) is 11.1 Å². The van der Waals surface area contributed by atoms with Crippen molar-refractivity contribution >= 4 is 34.1 Å². The number of thioether (sulfide) groups is 1. The number of thiazole rings is 1. The SMILES string of the molecule is CC1CCc2nc(SCCC(=O)Nc3nccs3)c(C#N)cc2C1. The average molecular weight is 358 g/mol. The molecule has 7 heteroatoms. The van der Waals surface area contributed by atoms with Crippen molar-refractivity contribution in [1.29, 1.82) is 5.26 Å². The van der Waals surface area contributed by atoms with Gasteiger partial charge in [-0.05, 0) is 36.8 Å². The van der Waals surface area contributed by atoms with Gasteiger partial charge < -0.3 is 5.32 Å². The Balaban J connectivity index is 1.60. The van der Waals surface area contributed by atoms with E-state index in [9.17, 15) is 10.1 Å². The van der Waals surface area contributed by atoms with Crippen LogP contribution >= 0.6 is 23.1 Å². The van der Waals surface area contributed by atoms with E-state index in [2.05, 4.69) is 28.3 Å². The van der Waals surface area contributed by atoms with E-state index in [-0.39, 0.29) is 5.91 Å². The first-order chi connectivity index (χ1) is 11.7. The summed E-state index contributed by atoms with van der Waals surface area (Å²) in [4.78, 5) is 20.6. The Morgan fingerprint density at radius 2 is 2.46 bits per heavy atom. The van der Waals surface area contributed by atoms with Crippen LogP contribution in [0.25, 0.3) is 0 Å². The number of aromatic nitrogens is 2. The average Bonchev–Trinajstić information content (AvgIpc) is 3.07. The minimum atomic E-state index is -0.0669. The third kappa shape index (κ3) is 4.13. The number of nitrogens with one attached hydrogen (secondary N) is 1. The second-order valence-corrected chi connectivity index (χ2v) is 7.87. The fourth-order valence-corrected chi connectivity index (χ4v) is 4.19. The highest BCUT2D eigenvalue weighted by molar-refractivity contribution is 7.99. The highest BCUT2D eigenvalue weighted by atomic mass is 32.2. The maximum Gasteiger partial charge on any atom is 0.226 e. The third-order valence-corrected chi connectivity index (χ3v) is 5.65. The van der Waals surface area contributed by atoms with Crippen molar-refractivity contribution in [2.24, 2.45) is 5.92 Å². The fraction of sp³-hybridized carbons (Fsp3) is 0.412. The maximum atomic E-state index is 11.9. The lowest BCUT2D eigenvalue weighted by molar-refractivity contribution is -0.115. The molecule has 1 N–H and O–H groups in total. The van der Waals surface area contributed by atoms with E-state index in [1.54, 1.807) is 6.20 Å². The van der Waals surface area contributed by atoms with Gasteiger partial charge in [-0.15, -0.1) is 23.1 Å². The molecule has 0 aliphatic heterocycles. The highest BCUT2D eigenvalue weighted by Gasteiger charge is 2.19. The Bertz CT molecular complexity index is 768. The first-order valence-corrected chi connectivity index (χ1v) is 9.77. The number of anilines is 1. The second kappa shape index (κ2) is 7.77. The summed E-state index contributed by atoms with van der Waals surface area (Å²) in [5.74, 6) is 1.18. The number of carbonyl (C=O) groups is 1. The second-order valence-electron chi connectivity index (χ2n) is 5.89. The molecule has 1 unspecified atom stereocenters. The highest BCUT2D eigenvalue weighted by Crippen LogP contribution is 2.29. The molecule has 124 valence electrons. The number of hydrogen-bond acceptors (Lipinski definition) is 6. The van der Waals surface area contributed by atoms with Gasteiger partial charge in [0.25, 0.3) is 0 Å². The normalized spacial score (nSPS) is 16.2. The van der Waals surface area contributed by atoms with Gasteiger partial charge in [-0.1, -0.05) is 6.92 Å². The molecule has 0 saturated heterocycles. The third-order valence-electron chi connectivity index (χ3n) is 3.97. The Kier molecular flexibility index (Phi) is 5.48.